The molecular weight excluding hydrogens is 202 g/mol. The minimum Gasteiger partial charge on any atom is -0.361 e. The van der Waals surface area contributed by atoms with Crippen molar-refractivity contribution in [3.05, 3.63) is 36.3 Å². The van der Waals surface area contributed by atoms with Crippen LogP contribution in [0.1, 0.15) is 5.82 Å². The van der Waals surface area contributed by atoms with Gasteiger partial charge in [-0.3, -0.25) is 0 Å². The van der Waals surface area contributed by atoms with Crippen molar-refractivity contribution >= 4 is 10.9 Å². The summed E-state index contributed by atoms with van der Waals surface area (Å²) in [6, 6.07) is 7.92. The average Bonchev–Trinajstić information content (AvgIpc) is 2.78. The molecule has 5 nitrogen and oxygen atoms in total. The Hall–Kier alpha value is -2.30. The van der Waals surface area contributed by atoms with Crippen LogP contribution in [0.5, 0.6) is 0 Å². The third-order valence-electron chi connectivity index (χ3n) is 2.41. The minimum absolute atomic E-state index is 0.552. The van der Waals surface area contributed by atoms with Crippen molar-refractivity contribution in [3.8, 4) is 11.4 Å². The van der Waals surface area contributed by atoms with Gasteiger partial charge in [-0.05, 0) is 19.1 Å². The maximum atomic E-state index is 4.04. The molecule has 0 atom stereocenters. The van der Waals surface area contributed by atoms with E-state index in [1.165, 1.54) is 0 Å². The summed E-state index contributed by atoms with van der Waals surface area (Å²) < 4.78 is 0. The Labute approximate surface area is 91.6 Å². The van der Waals surface area contributed by atoms with Gasteiger partial charge in [0, 0.05) is 22.7 Å². The number of fused-ring (bicyclic) bond motifs is 1. The monoisotopic (exact) mass is 211 g/mol. The first-order valence-electron chi connectivity index (χ1n) is 4.95. The van der Waals surface area contributed by atoms with Gasteiger partial charge in [0.05, 0.1) is 0 Å². The Morgan fingerprint density at radius 1 is 1.00 bits per heavy atom. The molecule has 1 N–H and O–H groups in total. The van der Waals surface area contributed by atoms with Gasteiger partial charge in [0.1, 0.15) is 0 Å². The number of nitrogens with one attached hydrogen (secondary N) is 1. The highest BCUT2D eigenvalue weighted by Crippen LogP contribution is 2.24. The molecule has 16 heavy (non-hydrogen) atoms. The molecular formula is C11H9N5. The Kier molecular flexibility index (Phi) is 1.89. The van der Waals surface area contributed by atoms with Crippen LogP contribution in [0.4, 0.5) is 0 Å². The van der Waals surface area contributed by atoms with Gasteiger partial charge in [0.25, 0.3) is 0 Å². The summed E-state index contributed by atoms with van der Waals surface area (Å²) in [6.07, 6.45) is 1.89. The van der Waals surface area contributed by atoms with Crippen LogP contribution in [0.3, 0.4) is 0 Å². The molecule has 0 fully saturated rings. The molecule has 0 saturated carbocycles. The second-order valence-electron chi connectivity index (χ2n) is 3.52. The predicted molar refractivity (Wildman–Crippen MR) is 59.7 cm³/mol. The number of aromatic nitrogens is 5. The van der Waals surface area contributed by atoms with Gasteiger partial charge in [-0.25, -0.2) is 0 Å². The minimum atomic E-state index is 0.552. The molecule has 78 valence electrons. The summed E-state index contributed by atoms with van der Waals surface area (Å²) in [5.74, 6) is 1.13. The molecule has 2 aromatic heterocycles. The van der Waals surface area contributed by atoms with Crippen LogP contribution in [0.25, 0.3) is 22.3 Å². The van der Waals surface area contributed by atoms with Gasteiger partial charge in [-0.1, -0.05) is 12.1 Å². The molecule has 0 aliphatic heterocycles. The van der Waals surface area contributed by atoms with E-state index in [-0.39, 0.29) is 0 Å². The van der Waals surface area contributed by atoms with Crippen molar-refractivity contribution in [3.63, 3.8) is 0 Å². The number of hydrogen-bond donors (Lipinski definition) is 1. The first-order chi connectivity index (χ1) is 7.84. The molecule has 2 heterocycles. The van der Waals surface area contributed by atoms with Gasteiger partial charge < -0.3 is 4.98 Å². The Balaban J connectivity index is 2.25. The van der Waals surface area contributed by atoms with Crippen molar-refractivity contribution in [2.75, 3.05) is 0 Å². The standard InChI is InChI=1S/C11H9N5/c1-7-13-15-11(16-14-7)9-3-2-4-10-8(9)5-6-12-10/h2-6,12H,1H3. The van der Waals surface area contributed by atoms with Crippen molar-refractivity contribution in [1.82, 2.24) is 25.4 Å². The van der Waals surface area contributed by atoms with E-state index in [1.807, 2.05) is 30.5 Å². The number of aromatic amines is 1. The fourth-order valence-electron chi connectivity index (χ4n) is 1.67. The van der Waals surface area contributed by atoms with E-state index >= 15 is 0 Å². The lowest BCUT2D eigenvalue weighted by Gasteiger charge is -1.99. The highest BCUT2D eigenvalue weighted by molar-refractivity contribution is 5.93. The average molecular weight is 211 g/mol. The maximum absolute atomic E-state index is 4.04. The fraction of sp³-hybridized carbons (Fsp3) is 0.0909. The zero-order valence-corrected chi connectivity index (χ0v) is 8.68. The molecule has 0 aliphatic carbocycles. The van der Waals surface area contributed by atoms with E-state index in [2.05, 4.69) is 25.4 Å². The molecule has 5 heteroatoms. The third-order valence-corrected chi connectivity index (χ3v) is 2.41. The summed E-state index contributed by atoms with van der Waals surface area (Å²) in [6.45, 7) is 1.76. The topological polar surface area (TPSA) is 67.3 Å². The fourth-order valence-corrected chi connectivity index (χ4v) is 1.67. The highest BCUT2D eigenvalue weighted by atomic mass is 15.3. The lowest BCUT2D eigenvalue weighted by molar-refractivity contribution is 0.817. The zero-order valence-electron chi connectivity index (χ0n) is 8.68. The molecule has 3 rings (SSSR count). The number of benzene rings is 1. The zero-order chi connectivity index (χ0) is 11.0. The molecule has 0 aliphatic rings. The van der Waals surface area contributed by atoms with Crippen molar-refractivity contribution in [2.24, 2.45) is 0 Å². The SMILES string of the molecule is Cc1nnc(-c2cccc3[nH]ccc23)nn1. The number of aryl methyl sites for hydroxylation is 1. The first-order valence-corrected chi connectivity index (χ1v) is 4.95. The number of H-pyrrole nitrogens is 1. The van der Waals surface area contributed by atoms with Crippen LogP contribution in [-0.2, 0) is 0 Å². The first kappa shape index (κ1) is 8.96. The van der Waals surface area contributed by atoms with E-state index in [0.717, 1.165) is 16.5 Å². The van der Waals surface area contributed by atoms with E-state index < -0.39 is 0 Å². The van der Waals surface area contributed by atoms with Crippen LogP contribution >= 0.6 is 0 Å². The van der Waals surface area contributed by atoms with Gasteiger partial charge in [-0.15, -0.1) is 20.4 Å². The van der Waals surface area contributed by atoms with Crippen molar-refractivity contribution < 1.29 is 0 Å². The molecule has 0 bridgehead atoms. The molecule has 1 aromatic carbocycles. The Bertz CT molecular complexity index is 626. The Morgan fingerprint density at radius 3 is 2.62 bits per heavy atom. The van der Waals surface area contributed by atoms with Crippen molar-refractivity contribution in [1.29, 1.82) is 0 Å². The largest absolute Gasteiger partial charge is 0.361 e. The van der Waals surface area contributed by atoms with Crippen LogP contribution in [0.2, 0.25) is 0 Å². The summed E-state index contributed by atoms with van der Waals surface area (Å²) in [4.78, 5) is 3.14. The quantitative estimate of drug-likeness (QED) is 0.665. The number of rotatable bonds is 1. The van der Waals surface area contributed by atoms with E-state index in [0.29, 0.717) is 11.6 Å². The third kappa shape index (κ3) is 1.33. The van der Waals surface area contributed by atoms with Gasteiger partial charge in [0.15, 0.2) is 5.82 Å². The predicted octanol–water partition coefficient (Wildman–Crippen LogP) is 1.72. The summed E-state index contributed by atoms with van der Waals surface area (Å²) in [7, 11) is 0. The summed E-state index contributed by atoms with van der Waals surface area (Å²) in [5.41, 5.74) is 2.00. The maximum Gasteiger partial charge on any atom is 0.204 e. The van der Waals surface area contributed by atoms with Crippen LogP contribution in [0.15, 0.2) is 30.5 Å². The van der Waals surface area contributed by atoms with E-state index in [1.54, 1.807) is 6.92 Å². The number of hydrogen-bond acceptors (Lipinski definition) is 4. The summed E-state index contributed by atoms with van der Waals surface area (Å²) >= 11 is 0. The lowest BCUT2D eigenvalue weighted by atomic mass is 10.1. The second-order valence-corrected chi connectivity index (χ2v) is 3.52. The van der Waals surface area contributed by atoms with Crippen molar-refractivity contribution in [2.45, 2.75) is 6.92 Å². The second kappa shape index (κ2) is 3.37. The van der Waals surface area contributed by atoms with Gasteiger partial charge in [-0.2, -0.15) is 0 Å². The lowest BCUT2D eigenvalue weighted by Crippen LogP contribution is -1.98. The van der Waals surface area contributed by atoms with Crippen LogP contribution < -0.4 is 0 Å². The molecule has 3 aromatic rings. The molecule has 0 amide bonds. The van der Waals surface area contributed by atoms with Gasteiger partial charge >= 0.3 is 0 Å². The molecule has 0 radical (unpaired) electrons. The van der Waals surface area contributed by atoms with E-state index in [4.69, 9.17) is 0 Å². The smallest absolute Gasteiger partial charge is 0.204 e. The highest BCUT2D eigenvalue weighted by Gasteiger charge is 2.07. The number of nitrogens with zero attached hydrogens (tertiary/aromatic N) is 4. The Morgan fingerprint density at radius 2 is 1.81 bits per heavy atom. The van der Waals surface area contributed by atoms with Gasteiger partial charge in [0.2, 0.25) is 5.82 Å². The molecule has 0 unspecified atom stereocenters. The molecule has 0 spiro atoms. The summed E-state index contributed by atoms with van der Waals surface area (Å²) in [5, 5.41) is 17.0. The normalized spacial score (nSPS) is 10.8. The van der Waals surface area contributed by atoms with E-state index in [9.17, 15) is 0 Å². The molecule has 0 saturated heterocycles. The van der Waals surface area contributed by atoms with Crippen LogP contribution in [-0.4, -0.2) is 25.4 Å². The van der Waals surface area contributed by atoms with Crippen LogP contribution in [0, 0.1) is 6.92 Å².